The molecule has 3 nitrogen and oxygen atoms in total. The Labute approximate surface area is 85.1 Å². The predicted molar refractivity (Wildman–Crippen MR) is 54.2 cm³/mol. The molecule has 0 aromatic rings. The third-order valence-electron chi connectivity index (χ3n) is 3.66. The van der Waals surface area contributed by atoms with E-state index in [0.717, 1.165) is 32.4 Å². The SMILES string of the molecule is O=C(O)C1CCCCC1N1CCCC1. The molecule has 0 aromatic heterocycles. The number of hydrogen-bond acceptors (Lipinski definition) is 2. The third kappa shape index (κ3) is 1.92. The Morgan fingerprint density at radius 3 is 2.36 bits per heavy atom. The molecule has 0 amide bonds. The van der Waals surface area contributed by atoms with Gasteiger partial charge in [-0.15, -0.1) is 0 Å². The molecular formula is C11H19NO2. The first-order valence-electron chi connectivity index (χ1n) is 5.76. The number of carboxylic acids is 1. The molecule has 1 aliphatic carbocycles. The van der Waals surface area contributed by atoms with Gasteiger partial charge in [-0.1, -0.05) is 12.8 Å². The van der Waals surface area contributed by atoms with Gasteiger partial charge in [0.25, 0.3) is 0 Å². The van der Waals surface area contributed by atoms with Gasteiger partial charge < -0.3 is 5.11 Å². The van der Waals surface area contributed by atoms with E-state index in [-0.39, 0.29) is 5.92 Å². The van der Waals surface area contributed by atoms with E-state index in [9.17, 15) is 4.79 Å². The third-order valence-corrected chi connectivity index (χ3v) is 3.66. The molecule has 0 spiro atoms. The van der Waals surface area contributed by atoms with Crippen LogP contribution in [0.2, 0.25) is 0 Å². The Morgan fingerprint density at radius 2 is 1.71 bits per heavy atom. The maximum absolute atomic E-state index is 11.1. The fraction of sp³-hybridized carbons (Fsp3) is 0.909. The lowest BCUT2D eigenvalue weighted by Crippen LogP contribution is -2.43. The molecule has 2 aliphatic rings. The summed E-state index contributed by atoms with van der Waals surface area (Å²) in [7, 11) is 0. The molecule has 1 saturated carbocycles. The molecule has 1 heterocycles. The number of rotatable bonds is 2. The maximum Gasteiger partial charge on any atom is 0.308 e. The monoisotopic (exact) mass is 197 g/mol. The molecule has 2 atom stereocenters. The number of nitrogens with zero attached hydrogens (tertiary/aromatic N) is 1. The first kappa shape index (κ1) is 9.97. The summed E-state index contributed by atoms with van der Waals surface area (Å²) in [5.74, 6) is -0.677. The number of carboxylic acid groups (broad SMARTS) is 1. The standard InChI is InChI=1S/C11H19NO2/c13-11(14)9-5-1-2-6-10(9)12-7-3-4-8-12/h9-10H,1-8H2,(H,13,14). The lowest BCUT2D eigenvalue weighted by molar-refractivity contribution is -0.145. The van der Waals surface area contributed by atoms with Crippen molar-refractivity contribution in [2.75, 3.05) is 13.1 Å². The molecule has 0 bridgehead atoms. The fourth-order valence-electron chi connectivity index (χ4n) is 2.91. The number of carbonyl (C=O) groups is 1. The topological polar surface area (TPSA) is 40.5 Å². The van der Waals surface area contributed by atoms with Gasteiger partial charge in [0, 0.05) is 6.04 Å². The van der Waals surface area contributed by atoms with Crippen molar-refractivity contribution in [1.29, 1.82) is 0 Å². The summed E-state index contributed by atoms with van der Waals surface area (Å²) in [6.45, 7) is 2.24. The predicted octanol–water partition coefficient (Wildman–Crippen LogP) is 1.73. The number of aliphatic carboxylic acids is 1. The highest BCUT2D eigenvalue weighted by Crippen LogP contribution is 2.30. The van der Waals surface area contributed by atoms with Crippen LogP contribution in [0, 0.1) is 5.92 Å². The summed E-state index contributed by atoms with van der Waals surface area (Å²) in [5, 5.41) is 9.14. The van der Waals surface area contributed by atoms with Gasteiger partial charge >= 0.3 is 5.97 Å². The van der Waals surface area contributed by atoms with Gasteiger partial charge in [-0.2, -0.15) is 0 Å². The van der Waals surface area contributed by atoms with Crippen molar-refractivity contribution in [3.63, 3.8) is 0 Å². The molecule has 14 heavy (non-hydrogen) atoms. The highest BCUT2D eigenvalue weighted by molar-refractivity contribution is 5.71. The molecule has 0 radical (unpaired) electrons. The van der Waals surface area contributed by atoms with Crippen LogP contribution in [0.3, 0.4) is 0 Å². The fourth-order valence-corrected chi connectivity index (χ4v) is 2.91. The van der Waals surface area contributed by atoms with Gasteiger partial charge in [-0.05, 0) is 38.8 Å². The van der Waals surface area contributed by atoms with Gasteiger partial charge in [-0.25, -0.2) is 0 Å². The Bertz CT molecular complexity index is 211. The molecule has 2 unspecified atom stereocenters. The van der Waals surface area contributed by atoms with Gasteiger partial charge in [-0.3, -0.25) is 9.69 Å². The minimum Gasteiger partial charge on any atom is -0.481 e. The summed E-state index contributed by atoms with van der Waals surface area (Å²) in [4.78, 5) is 13.5. The Balaban J connectivity index is 2.01. The van der Waals surface area contributed by atoms with Crippen molar-refractivity contribution >= 4 is 5.97 Å². The average molecular weight is 197 g/mol. The van der Waals surface area contributed by atoms with Crippen molar-refractivity contribution in [3.05, 3.63) is 0 Å². The average Bonchev–Trinajstić information content (AvgIpc) is 2.70. The van der Waals surface area contributed by atoms with Crippen molar-refractivity contribution in [2.24, 2.45) is 5.92 Å². The molecular weight excluding hydrogens is 178 g/mol. The summed E-state index contributed by atoms with van der Waals surface area (Å²) >= 11 is 0. The zero-order valence-electron chi connectivity index (χ0n) is 8.61. The van der Waals surface area contributed by atoms with E-state index in [1.54, 1.807) is 0 Å². The number of hydrogen-bond donors (Lipinski definition) is 1. The van der Waals surface area contributed by atoms with Crippen LogP contribution < -0.4 is 0 Å². The number of likely N-dealkylation sites (tertiary alicyclic amines) is 1. The molecule has 0 aromatic carbocycles. The lowest BCUT2D eigenvalue weighted by atomic mass is 9.84. The van der Waals surface area contributed by atoms with Crippen LogP contribution in [0.1, 0.15) is 38.5 Å². The van der Waals surface area contributed by atoms with Crippen molar-refractivity contribution in [1.82, 2.24) is 4.90 Å². The van der Waals surface area contributed by atoms with Crippen LogP contribution >= 0.6 is 0 Å². The Kier molecular flexibility index (Phi) is 3.06. The van der Waals surface area contributed by atoms with E-state index in [1.807, 2.05) is 0 Å². The highest BCUT2D eigenvalue weighted by atomic mass is 16.4. The Morgan fingerprint density at radius 1 is 1.07 bits per heavy atom. The molecule has 1 saturated heterocycles. The normalized spacial score (nSPS) is 34.6. The van der Waals surface area contributed by atoms with Gasteiger partial charge in [0.15, 0.2) is 0 Å². The zero-order valence-corrected chi connectivity index (χ0v) is 8.61. The van der Waals surface area contributed by atoms with Crippen LogP contribution in [0.5, 0.6) is 0 Å². The maximum atomic E-state index is 11.1. The van der Waals surface area contributed by atoms with E-state index in [0.29, 0.717) is 6.04 Å². The van der Waals surface area contributed by atoms with E-state index < -0.39 is 5.97 Å². The first-order chi connectivity index (χ1) is 6.79. The zero-order chi connectivity index (χ0) is 9.97. The van der Waals surface area contributed by atoms with Crippen molar-refractivity contribution in [2.45, 2.75) is 44.6 Å². The molecule has 2 rings (SSSR count). The summed E-state index contributed by atoms with van der Waals surface area (Å²) in [5.41, 5.74) is 0. The van der Waals surface area contributed by atoms with Crippen LogP contribution in [0.15, 0.2) is 0 Å². The van der Waals surface area contributed by atoms with E-state index in [4.69, 9.17) is 5.11 Å². The van der Waals surface area contributed by atoms with E-state index in [2.05, 4.69) is 4.90 Å². The lowest BCUT2D eigenvalue weighted by Gasteiger charge is -2.35. The van der Waals surface area contributed by atoms with Gasteiger partial charge in [0.1, 0.15) is 0 Å². The minimum atomic E-state index is -0.582. The van der Waals surface area contributed by atoms with E-state index in [1.165, 1.54) is 19.3 Å². The van der Waals surface area contributed by atoms with Crippen LogP contribution in [0.4, 0.5) is 0 Å². The highest BCUT2D eigenvalue weighted by Gasteiger charge is 2.35. The second-order valence-electron chi connectivity index (χ2n) is 4.54. The summed E-state index contributed by atoms with van der Waals surface area (Å²) in [6, 6.07) is 0.337. The smallest absolute Gasteiger partial charge is 0.308 e. The second kappa shape index (κ2) is 4.30. The van der Waals surface area contributed by atoms with Crippen LogP contribution in [0.25, 0.3) is 0 Å². The summed E-state index contributed by atoms with van der Waals surface area (Å²) in [6.07, 6.45) is 6.80. The largest absolute Gasteiger partial charge is 0.481 e. The molecule has 3 heteroatoms. The quantitative estimate of drug-likeness (QED) is 0.733. The van der Waals surface area contributed by atoms with Crippen molar-refractivity contribution < 1.29 is 9.90 Å². The molecule has 2 fully saturated rings. The van der Waals surface area contributed by atoms with E-state index >= 15 is 0 Å². The van der Waals surface area contributed by atoms with Crippen LogP contribution in [-0.4, -0.2) is 35.1 Å². The molecule has 1 aliphatic heterocycles. The first-order valence-corrected chi connectivity index (χ1v) is 5.76. The molecule has 1 N–H and O–H groups in total. The van der Waals surface area contributed by atoms with Gasteiger partial charge in [0.05, 0.1) is 5.92 Å². The Hall–Kier alpha value is -0.570. The summed E-state index contributed by atoms with van der Waals surface area (Å²) < 4.78 is 0. The van der Waals surface area contributed by atoms with Crippen molar-refractivity contribution in [3.8, 4) is 0 Å². The molecule has 80 valence electrons. The van der Waals surface area contributed by atoms with Crippen LogP contribution in [-0.2, 0) is 4.79 Å². The van der Waals surface area contributed by atoms with Gasteiger partial charge in [0.2, 0.25) is 0 Å². The second-order valence-corrected chi connectivity index (χ2v) is 4.54. The minimum absolute atomic E-state index is 0.0955.